The molecule has 0 aliphatic carbocycles. The number of aryl methyl sites for hydroxylation is 1. The molecule has 1 aliphatic rings. The highest BCUT2D eigenvalue weighted by atomic mass is 16.5. The summed E-state index contributed by atoms with van der Waals surface area (Å²) in [5, 5.41) is 8.81. The Morgan fingerprint density at radius 1 is 0.839 bits per heavy atom. The van der Waals surface area contributed by atoms with Gasteiger partial charge >= 0.3 is 0 Å². The zero-order chi connectivity index (χ0) is 21.8. The highest BCUT2D eigenvalue weighted by Gasteiger charge is 2.24. The topological polar surface area (TPSA) is 67.8 Å². The van der Waals surface area contributed by atoms with Gasteiger partial charge in [0, 0.05) is 43.4 Å². The van der Waals surface area contributed by atoms with E-state index >= 15 is 0 Å². The fourth-order valence-electron chi connectivity index (χ4n) is 3.62. The average molecular weight is 418 g/mol. The molecule has 0 radical (unpaired) electrons. The predicted octanol–water partition coefficient (Wildman–Crippen LogP) is 3.43. The number of piperazine rings is 1. The lowest BCUT2D eigenvalue weighted by atomic mass is 10.1. The van der Waals surface area contributed by atoms with E-state index in [1.807, 2.05) is 17.0 Å². The highest BCUT2D eigenvalue weighted by molar-refractivity contribution is 5.95. The molecule has 2 aromatic carbocycles. The Kier molecular flexibility index (Phi) is 6.02. The number of rotatable bonds is 5. The van der Waals surface area contributed by atoms with Gasteiger partial charge in [0.25, 0.3) is 5.91 Å². The van der Waals surface area contributed by atoms with Crippen molar-refractivity contribution in [2.45, 2.75) is 6.92 Å². The van der Waals surface area contributed by atoms with Gasteiger partial charge in [-0.15, -0.1) is 10.2 Å². The summed E-state index contributed by atoms with van der Waals surface area (Å²) < 4.78 is 10.6. The van der Waals surface area contributed by atoms with E-state index in [2.05, 4.69) is 46.3 Å². The van der Waals surface area contributed by atoms with Crippen LogP contribution in [0, 0.1) is 6.92 Å². The van der Waals surface area contributed by atoms with Gasteiger partial charge in [-0.05, 0) is 31.2 Å². The zero-order valence-corrected chi connectivity index (χ0v) is 18.0. The van der Waals surface area contributed by atoms with Crippen LogP contribution in [0.5, 0.6) is 11.5 Å². The van der Waals surface area contributed by atoms with E-state index in [4.69, 9.17) is 9.47 Å². The molecular formula is C24H26N4O3. The van der Waals surface area contributed by atoms with Gasteiger partial charge in [0.15, 0.2) is 5.82 Å². The summed E-state index contributed by atoms with van der Waals surface area (Å²) in [5.41, 5.74) is 3.68. The summed E-state index contributed by atoms with van der Waals surface area (Å²) in [4.78, 5) is 17.0. The number of benzene rings is 2. The number of carbonyl (C=O) groups excluding carboxylic acids is 1. The first-order chi connectivity index (χ1) is 15.1. The number of ether oxygens (including phenoxy) is 2. The van der Waals surface area contributed by atoms with Crippen molar-refractivity contribution in [1.82, 2.24) is 15.1 Å². The number of nitrogens with zero attached hydrogens (tertiary/aromatic N) is 4. The molecule has 1 aliphatic heterocycles. The van der Waals surface area contributed by atoms with Gasteiger partial charge in [0.2, 0.25) is 0 Å². The van der Waals surface area contributed by atoms with Crippen molar-refractivity contribution in [3.8, 4) is 22.8 Å². The number of methoxy groups -OCH3 is 2. The SMILES string of the molecule is COc1cc(OC)cc(C(=O)N2CCN(c3ccc(-c4ccc(C)cc4)nn3)CC2)c1. The largest absolute Gasteiger partial charge is 0.497 e. The molecule has 160 valence electrons. The molecule has 0 bridgehead atoms. The number of aromatic nitrogens is 2. The quantitative estimate of drug-likeness (QED) is 0.632. The van der Waals surface area contributed by atoms with E-state index in [-0.39, 0.29) is 5.91 Å². The van der Waals surface area contributed by atoms with Gasteiger partial charge < -0.3 is 19.3 Å². The lowest BCUT2D eigenvalue weighted by Crippen LogP contribution is -2.49. The van der Waals surface area contributed by atoms with Crippen LogP contribution in [0.1, 0.15) is 15.9 Å². The maximum Gasteiger partial charge on any atom is 0.254 e. The fourth-order valence-corrected chi connectivity index (χ4v) is 3.62. The van der Waals surface area contributed by atoms with E-state index in [1.165, 1.54) is 5.56 Å². The van der Waals surface area contributed by atoms with E-state index < -0.39 is 0 Å². The third kappa shape index (κ3) is 4.60. The normalized spacial score (nSPS) is 13.8. The smallest absolute Gasteiger partial charge is 0.254 e. The van der Waals surface area contributed by atoms with Crippen molar-refractivity contribution in [3.63, 3.8) is 0 Å². The van der Waals surface area contributed by atoms with Crippen molar-refractivity contribution in [2.75, 3.05) is 45.3 Å². The highest BCUT2D eigenvalue weighted by Crippen LogP contribution is 2.24. The van der Waals surface area contributed by atoms with Crippen LogP contribution in [0.2, 0.25) is 0 Å². The van der Waals surface area contributed by atoms with E-state index in [0.29, 0.717) is 43.2 Å². The Hall–Kier alpha value is -3.61. The maximum absolute atomic E-state index is 13.0. The molecule has 1 aromatic heterocycles. The molecule has 7 heteroatoms. The number of hydrogen-bond donors (Lipinski definition) is 0. The molecule has 2 heterocycles. The molecule has 0 atom stereocenters. The molecule has 0 N–H and O–H groups in total. The Morgan fingerprint density at radius 2 is 1.48 bits per heavy atom. The minimum Gasteiger partial charge on any atom is -0.497 e. The van der Waals surface area contributed by atoms with Crippen molar-refractivity contribution < 1.29 is 14.3 Å². The van der Waals surface area contributed by atoms with Gasteiger partial charge in [-0.2, -0.15) is 0 Å². The average Bonchev–Trinajstić information content (AvgIpc) is 2.84. The van der Waals surface area contributed by atoms with Crippen molar-refractivity contribution in [3.05, 3.63) is 65.7 Å². The summed E-state index contributed by atoms with van der Waals surface area (Å²) in [5.74, 6) is 2.00. The van der Waals surface area contributed by atoms with Crippen LogP contribution in [0.15, 0.2) is 54.6 Å². The summed E-state index contributed by atoms with van der Waals surface area (Å²) in [7, 11) is 3.15. The number of anilines is 1. The predicted molar refractivity (Wildman–Crippen MR) is 120 cm³/mol. The molecule has 1 fully saturated rings. The standard InChI is InChI=1S/C24H26N4O3/c1-17-4-6-18(7-5-17)22-8-9-23(26-25-22)27-10-12-28(13-11-27)24(29)19-14-20(30-2)16-21(15-19)31-3/h4-9,14-16H,10-13H2,1-3H3. The van der Waals surface area contributed by atoms with Crippen LogP contribution in [0.3, 0.4) is 0 Å². The Labute approximate surface area is 182 Å². The van der Waals surface area contributed by atoms with Gasteiger partial charge in [-0.3, -0.25) is 4.79 Å². The van der Waals surface area contributed by atoms with Crippen molar-refractivity contribution in [2.24, 2.45) is 0 Å². The first-order valence-electron chi connectivity index (χ1n) is 10.3. The van der Waals surface area contributed by atoms with Crippen molar-refractivity contribution in [1.29, 1.82) is 0 Å². The summed E-state index contributed by atoms with van der Waals surface area (Å²) in [6.45, 7) is 4.68. The minimum atomic E-state index is -0.0300. The summed E-state index contributed by atoms with van der Waals surface area (Å²) >= 11 is 0. The summed E-state index contributed by atoms with van der Waals surface area (Å²) in [6, 6.07) is 17.5. The van der Waals surface area contributed by atoms with Crippen LogP contribution in [0.25, 0.3) is 11.3 Å². The van der Waals surface area contributed by atoms with Crippen LogP contribution in [-0.4, -0.2) is 61.4 Å². The van der Waals surface area contributed by atoms with Crippen LogP contribution in [-0.2, 0) is 0 Å². The Morgan fingerprint density at radius 3 is 2.03 bits per heavy atom. The zero-order valence-electron chi connectivity index (χ0n) is 18.0. The fraction of sp³-hybridized carbons (Fsp3) is 0.292. The molecular weight excluding hydrogens is 392 g/mol. The lowest BCUT2D eigenvalue weighted by molar-refractivity contribution is 0.0745. The maximum atomic E-state index is 13.0. The van der Waals surface area contributed by atoms with Gasteiger partial charge in [-0.1, -0.05) is 29.8 Å². The minimum absolute atomic E-state index is 0.0300. The number of carbonyl (C=O) groups is 1. The lowest BCUT2D eigenvalue weighted by Gasteiger charge is -2.35. The molecule has 1 amide bonds. The van der Waals surface area contributed by atoms with E-state index in [9.17, 15) is 4.79 Å². The van der Waals surface area contributed by atoms with Gasteiger partial charge in [-0.25, -0.2) is 0 Å². The number of amides is 1. The van der Waals surface area contributed by atoms with Gasteiger partial charge in [0.1, 0.15) is 11.5 Å². The van der Waals surface area contributed by atoms with E-state index in [0.717, 1.165) is 17.1 Å². The van der Waals surface area contributed by atoms with Gasteiger partial charge in [0.05, 0.1) is 19.9 Å². The summed E-state index contributed by atoms with van der Waals surface area (Å²) in [6.07, 6.45) is 0. The molecule has 7 nitrogen and oxygen atoms in total. The van der Waals surface area contributed by atoms with E-state index in [1.54, 1.807) is 32.4 Å². The molecule has 4 rings (SSSR count). The second kappa shape index (κ2) is 9.04. The van der Waals surface area contributed by atoms with Crippen molar-refractivity contribution >= 4 is 11.7 Å². The molecule has 1 saturated heterocycles. The second-order valence-corrected chi connectivity index (χ2v) is 7.52. The first-order valence-corrected chi connectivity index (χ1v) is 10.3. The molecule has 0 unspecified atom stereocenters. The molecule has 0 saturated carbocycles. The first kappa shape index (κ1) is 20.7. The molecule has 0 spiro atoms. The monoisotopic (exact) mass is 418 g/mol. The Balaban J connectivity index is 1.40. The molecule has 3 aromatic rings. The van der Waals surface area contributed by atoms with Crippen LogP contribution < -0.4 is 14.4 Å². The third-order valence-electron chi connectivity index (χ3n) is 5.49. The molecule has 31 heavy (non-hydrogen) atoms. The Bertz CT molecular complexity index is 1020. The number of hydrogen-bond acceptors (Lipinski definition) is 6. The second-order valence-electron chi connectivity index (χ2n) is 7.52. The third-order valence-corrected chi connectivity index (χ3v) is 5.49. The van der Waals surface area contributed by atoms with Crippen LogP contribution >= 0.6 is 0 Å². The van der Waals surface area contributed by atoms with Crippen LogP contribution in [0.4, 0.5) is 5.82 Å².